The first-order valence-electron chi connectivity index (χ1n) is 7.82. The largest absolute Gasteiger partial charge is 0.357 e. The third-order valence-corrected chi connectivity index (χ3v) is 6.14. The van der Waals surface area contributed by atoms with E-state index in [0.29, 0.717) is 12.1 Å². The molecule has 0 amide bonds. The van der Waals surface area contributed by atoms with Crippen LogP contribution >= 0.6 is 27.3 Å². The average Bonchev–Trinajstić information content (AvgIpc) is 3.15. The van der Waals surface area contributed by atoms with Gasteiger partial charge in [0, 0.05) is 38.0 Å². The van der Waals surface area contributed by atoms with Crippen LogP contribution in [0.5, 0.6) is 0 Å². The van der Waals surface area contributed by atoms with E-state index in [2.05, 4.69) is 68.9 Å². The van der Waals surface area contributed by atoms with Crippen LogP contribution < -0.4 is 5.32 Å². The number of hydrogen-bond acceptors (Lipinski definition) is 2. The van der Waals surface area contributed by atoms with Crippen molar-refractivity contribution in [2.24, 2.45) is 0 Å². The average molecular weight is 375 g/mol. The van der Waals surface area contributed by atoms with E-state index in [1.165, 1.54) is 46.3 Å². The van der Waals surface area contributed by atoms with Crippen LogP contribution in [0, 0.1) is 0 Å². The molecule has 2 nitrogen and oxygen atoms in total. The monoisotopic (exact) mass is 374 g/mol. The van der Waals surface area contributed by atoms with Crippen molar-refractivity contribution in [1.29, 1.82) is 0 Å². The molecule has 0 bridgehead atoms. The number of hydrogen-bond donors (Lipinski definition) is 2. The molecule has 2 heterocycles. The summed E-state index contributed by atoms with van der Waals surface area (Å²) in [5.74, 6) is 0. The summed E-state index contributed by atoms with van der Waals surface area (Å²) in [5.41, 5.74) is 4.15. The molecule has 0 fully saturated rings. The number of aryl methyl sites for hydroxylation is 1. The lowest BCUT2D eigenvalue weighted by molar-refractivity contribution is 0.413. The first-order chi connectivity index (χ1) is 10.7. The molecule has 4 heteroatoms. The van der Waals surface area contributed by atoms with Crippen LogP contribution in [0.2, 0.25) is 0 Å². The van der Waals surface area contributed by atoms with Gasteiger partial charge in [0.2, 0.25) is 0 Å². The zero-order chi connectivity index (χ0) is 15.1. The third kappa shape index (κ3) is 2.53. The summed E-state index contributed by atoms with van der Waals surface area (Å²) >= 11 is 5.43. The highest BCUT2D eigenvalue weighted by Gasteiger charge is 2.25. The van der Waals surface area contributed by atoms with Gasteiger partial charge in [-0.15, -0.1) is 11.3 Å². The Labute approximate surface area is 143 Å². The van der Waals surface area contributed by atoms with Gasteiger partial charge >= 0.3 is 0 Å². The topological polar surface area (TPSA) is 27.8 Å². The van der Waals surface area contributed by atoms with E-state index < -0.39 is 0 Å². The highest BCUT2D eigenvalue weighted by molar-refractivity contribution is 9.10. The van der Waals surface area contributed by atoms with E-state index in [0.717, 1.165) is 4.47 Å². The smallest absolute Gasteiger partial charge is 0.0481 e. The molecule has 0 saturated carbocycles. The quantitative estimate of drug-likeness (QED) is 0.602. The number of aromatic nitrogens is 1. The number of H-pyrrole nitrogens is 1. The van der Waals surface area contributed by atoms with E-state index >= 15 is 0 Å². The summed E-state index contributed by atoms with van der Waals surface area (Å²) in [5, 5.41) is 7.35. The van der Waals surface area contributed by atoms with Gasteiger partial charge < -0.3 is 10.3 Å². The molecule has 4 rings (SSSR count). The molecule has 2 aromatic heterocycles. The van der Waals surface area contributed by atoms with Gasteiger partial charge in [-0.05, 0) is 61.4 Å². The number of rotatable bonds is 3. The lowest BCUT2D eigenvalue weighted by atomic mass is 9.91. The maximum absolute atomic E-state index is 3.82. The Hall–Kier alpha value is -1.10. The molecule has 114 valence electrons. The van der Waals surface area contributed by atoms with Crippen molar-refractivity contribution in [3.8, 4) is 0 Å². The predicted molar refractivity (Wildman–Crippen MR) is 97.5 cm³/mol. The number of halogens is 1. The molecule has 1 aromatic carbocycles. The molecule has 2 atom stereocenters. The Balaban J connectivity index is 1.68. The molecule has 2 N–H and O–H groups in total. The number of nitrogens with one attached hydrogen (secondary N) is 2. The molecule has 22 heavy (non-hydrogen) atoms. The van der Waals surface area contributed by atoms with Gasteiger partial charge in [-0.25, -0.2) is 0 Å². The van der Waals surface area contributed by atoms with Gasteiger partial charge in [0.25, 0.3) is 0 Å². The van der Waals surface area contributed by atoms with Crippen LogP contribution in [0.1, 0.15) is 48.0 Å². The minimum Gasteiger partial charge on any atom is -0.357 e. The molecule has 0 radical (unpaired) electrons. The molecule has 3 aromatic rings. The van der Waals surface area contributed by atoms with Crippen molar-refractivity contribution >= 4 is 38.2 Å². The van der Waals surface area contributed by atoms with E-state index in [1.54, 1.807) is 0 Å². The first-order valence-corrected chi connectivity index (χ1v) is 9.49. The second-order valence-corrected chi connectivity index (χ2v) is 7.95. The molecule has 1 aliphatic carbocycles. The van der Waals surface area contributed by atoms with E-state index in [9.17, 15) is 0 Å². The van der Waals surface area contributed by atoms with Crippen molar-refractivity contribution in [2.45, 2.75) is 38.3 Å². The van der Waals surface area contributed by atoms with Gasteiger partial charge in [-0.3, -0.25) is 0 Å². The maximum atomic E-state index is 3.82. The normalized spacial score (nSPS) is 19.3. The molecule has 0 saturated heterocycles. The SMILES string of the molecule is C[C@@H](NC1CCCc2c1[nH]c1ccc(Br)cc21)c1cccs1. The Morgan fingerprint density at radius 1 is 1.36 bits per heavy atom. The van der Waals surface area contributed by atoms with Crippen molar-refractivity contribution < 1.29 is 0 Å². The minimum absolute atomic E-state index is 0.397. The van der Waals surface area contributed by atoms with Crippen LogP contribution in [0.25, 0.3) is 10.9 Å². The number of aromatic amines is 1. The molecule has 0 spiro atoms. The lowest BCUT2D eigenvalue weighted by Crippen LogP contribution is -2.27. The van der Waals surface area contributed by atoms with Gasteiger partial charge in [0.1, 0.15) is 0 Å². The summed E-state index contributed by atoms with van der Waals surface area (Å²) in [4.78, 5) is 5.07. The van der Waals surface area contributed by atoms with Gasteiger partial charge in [-0.1, -0.05) is 22.0 Å². The third-order valence-electron chi connectivity index (χ3n) is 4.59. The summed E-state index contributed by atoms with van der Waals surface area (Å²) in [6.45, 7) is 2.26. The summed E-state index contributed by atoms with van der Waals surface area (Å²) in [6.07, 6.45) is 3.63. The number of fused-ring (bicyclic) bond motifs is 3. The van der Waals surface area contributed by atoms with Gasteiger partial charge in [0.05, 0.1) is 0 Å². The fraction of sp³-hybridized carbons (Fsp3) is 0.333. The van der Waals surface area contributed by atoms with Crippen molar-refractivity contribution in [3.05, 3.63) is 56.3 Å². The predicted octanol–water partition coefficient (Wildman–Crippen LogP) is 5.72. The Morgan fingerprint density at radius 3 is 3.09 bits per heavy atom. The second kappa shape index (κ2) is 5.84. The van der Waals surface area contributed by atoms with Crippen LogP contribution in [-0.4, -0.2) is 4.98 Å². The van der Waals surface area contributed by atoms with Crippen molar-refractivity contribution in [3.63, 3.8) is 0 Å². The standard InChI is InChI=1S/C18H19BrN2S/c1-11(17-6-3-9-22-17)20-16-5-2-4-13-14-10-12(19)7-8-15(14)21-18(13)16/h3,6-11,16,20-21H,2,4-5H2,1H3/t11-,16?/m1/s1. The number of benzene rings is 1. The van der Waals surface area contributed by atoms with Crippen LogP contribution in [-0.2, 0) is 6.42 Å². The molecular weight excluding hydrogens is 356 g/mol. The zero-order valence-electron chi connectivity index (χ0n) is 12.5. The van der Waals surface area contributed by atoms with E-state index in [4.69, 9.17) is 0 Å². The summed E-state index contributed by atoms with van der Waals surface area (Å²) < 4.78 is 1.16. The molecular formula is C18H19BrN2S. The molecule has 0 aliphatic heterocycles. The fourth-order valence-corrected chi connectivity index (χ4v) is 4.63. The highest BCUT2D eigenvalue weighted by atomic mass is 79.9. The first kappa shape index (κ1) is 14.5. The van der Waals surface area contributed by atoms with E-state index in [-0.39, 0.29) is 0 Å². The minimum atomic E-state index is 0.397. The van der Waals surface area contributed by atoms with E-state index in [1.807, 2.05) is 11.3 Å². The summed E-state index contributed by atoms with van der Waals surface area (Å²) in [7, 11) is 0. The van der Waals surface area contributed by atoms with Crippen molar-refractivity contribution in [2.75, 3.05) is 0 Å². The molecule has 1 aliphatic rings. The lowest BCUT2D eigenvalue weighted by Gasteiger charge is -2.27. The Kier molecular flexibility index (Phi) is 3.84. The summed E-state index contributed by atoms with van der Waals surface area (Å²) in [6, 6.07) is 11.7. The van der Waals surface area contributed by atoms with Gasteiger partial charge in [0.15, 0.2) is 0 Å². The maximum Gasteiger partial charge on any atom is 0.0481 e. The van der Waals surface area contributed by atoms with Crippen LogP contribution in [0.15, 0.2) is 40.2 Å². The van der Waals surface area contributed by atoms with Crippen LogP contribution in [0.4, 0.5) is 0 Å². The van der Waals surface area contributed by atoms with Gasteiger partial charge in [-0.2, -0.15) is 0 Å². The Morgan fingerprint density at radius 2 is 2.27 bits per heavy atom. The Bertz CT molecular complexity index is 791. The fourth-order valence-electron chi connectivity index (χ4n) is 3.52. The number of thiophene rings is 1. The second-order valence-electron chi connectivity index (χ2n) is 6.06. The highest BCUT2D eigenvalue weighted by Crippen LogP contribution is 2.37. The van der Waals surface area contributed by atoms with Crippen LogP contribution in [0.3, 0.4) is 0 Å². The van der Waals surface area contributed by atoms with Crippen molar-refractivity contribution in [1.82, 2.24) is 10.3 Å². The zero-order valence-corrected chi connectivity index (χ0v) is 14.9. The molecule has 1 unspecified atom stereocenters.